The van der Waals surface area contributed by atoms with Gasteiger partial charge in [0.15, 0.2) is 11.5 Å². The van der Waals surface area contributed by atoms with E-state index in [1.165, 1.54) is 0 Å². The minimum absolute atomic E-state index is 0.608. The SMILES string of the molecule is C=C([Si])c1cccc(OCC)c1OCC. The van der Waals surface area contributed by atoms with Gasteiger partial charge in [0, 0.05) is 5.56 Å². The summed E-state index contributed by atoms with van der Waals surface area (Å²) >= 11 is 0. The monoisotopic (exact) mass is 219 g/mol. The molecule has 0 aliphatic heterocycles. The highest BCUT2D eigenvalue weighted by molar-refractivity contribution is 6.42. The van der Waals surface area contributed by atoms with Crippen LogP contribution in [0.4, 0.5) is 0 Å². The van der Waals surface area contributed by atoms with E-state index in [-0.39, 0.29) is 0 Å². The van der Waals surface area contributed by atoms with Gasteiger partial charge in [-0.2, -0.15) is 0 Å². The average molecular weight is 219 g/mol. The molecule has 0 fully saturated rings. The molecule has 2 nitrogen and oxygen atoms in total. The molecule has 0 N–H and O–H groups in total. The van der Waals surface area contributed by atoms with Gasteiger partial charge in [-0.25, -0.2) is 0 Å². The molecule has 0 atom stereocenters. The maximum absolute atomic E-state index is 5.57. The lowest BCUT2D eigenvalue weighted by molar-refractivity contribution is 0.287. The van der Waals surface area contributed by atoms with E-state index in [2.05, 4.69) is 16.8 Å². The zero-order valence-electron chi connectivity index (χ0n) is 9.17. The predicted octanol–water partition coefficient (Wildman–Crippen LogP) is 2.62. The van der Waals surface area contributed by atoms with Crippen LogP contribution in [0.2, 0.25) is 0 Å². The van der Waals surface area contributed by atoms with Crippen molar-refractivity contribution in [1.82, 2.24) is 0 Å². The third kappa shape index (κ3) is 2.86. The fraction of sp³-hybridized carbons (Fsp3) is 0.333. The Hall–Kier alpha value is -1.22. The summed E-state index contributed by atoms with van der Waals surface area (Å²) in [6.45, 7) is 8.97. The molecule has 79 valence electrons. The number of rotatable bonds is 5. The molecule has 0 bridgehead atoms. The maximum atomic E-state index is 5.57. The zero-order chi connectivity index (χ0) is 11.3. The highest BCUT2D eigenvalue weighted by Gasteiger charge is 2.10. The van der Waals surface area contributed by atoms with Gasteiger partial charge in [0.1, 0.15) is 0 Å². The van der Waals surface area contributed by atoms with Crippen LogP contribution in [0.15, 0.2) is 24.8 Å². The van der Waals surface area contributed by atoms with Crippen molar-refractivity contribution in [1.29, 1.82) is 0 Å². The molecule has 15 heavy (non-hydrogen) atoms. The first-order valence-corrected chi connectivity index (χ1v) is 5.50. The van der Waals surface area contributed by atoms with Crippen molar-refractivity contribution in [2.24, 2.45) is 0 Å². The van der Waals surface area contributed by atoms with Crippen LogP contribution < -0.4 is 9.47 Å². The van der Waals surface area contributed by atoms with E-state index in [1.54, 1.807) is 0 Å². The fourth-order valence-corrected chi connectivity index (χ4v) is 1.51. The van der Waals surface area contributed by atoms with Crippen molar-refractivity contribution < 1.29 is 9.47 Å². The summed E-state index contributed by atoms with van der Waals surface area (Å²) < 4.78 is 11.1. The summed E-state index contributed by atoms with van der Waals surface area (Å²) in [6, 6.07) is 5.77. The second-order valence-corrected chi connectivity index (χ2v) is 3.58. The Kier molecular flexibility index (Phi) is 4.43. The molecule has 0 amide bonds. The van der Waals surface area contributed by atoms with Gasteiger partial charge in [0.05, 0.1) is 23.5 Å². The molecular formula is C12H15O2Si. The van der Waals surface area contributed by atoms with E-state index in [9.17, 15) is 0 Å². The first kappa shape index (κ1) is 11.8. The quantitative estimate of drug-likeness (QED) is 0.709. The summed E-state index contributed by atoms with van der Waals surface area (Å²) in [4.78, 5) is 0. The van der Waals surface area contributed by atoms with Crippen LogP contribution in [0.5, 0.6) is 11.5 Å². The molecule has 3 heteroatoms. The van der Waals surface area contributed by atoms with Gasteiger partial charge in [-0.05, 0) is 19.9 Å². The normalized spacial score (nSPS) is 9.80. The molecule has 0 heterocycles. The van der Waals surface area contributed by atoms with Crippen molar-refractivity contribution in [3.63, 3.8) is 0 Å². The van der Waals surface area contributed by atoms with E-state index in [4.69, 9.17) is 9.47 Å². The Morgan fingerprint density at radius 2 is 1.93 bits per heavy atom. The summed E-state index contributed by atoms with van der Waals surface area (Å²) in [5, 5.41) is 0.792. The van der Waals surface area contributed by atoms with E-state index in [0.717, 1.165) is 22.3 Å². The van der Waals surface area contributed by atoms with Crippen LogP contribution in [0.25, 0.3) is 5.20 Å². The van der Waals surface area contributed by atoms with E-state index >= 15 is 0 Å². The van der Waals surface area contributed by atoms with Crippen molar-refractivity contribution in [2.75, 3.05) is 13.2 Å². The van der Waals surface area contributed by atoms with Crippen molar-refractivity contribution in [2.45, 2.75) is 13.8 Å². The van der Waals surface area contributed by atoms with E-state index < -0.39 is 0 Å². The van der Waals surface area contributed by atoms with Gasteiger partial charge in [-0.1, -0.05) is 23.9 Å². The maximum Gasteiger partial charge on any atom is 0.168 e. The number of ether oxygens (including phenoxy) is 2. The number of hydrogen-bond donors (Lipinski definition) is 0. The van der Waals surface area contributed by atoms with Gasteiger partial charge in [0.25, 0.3) is 0 Å². The first-order chi connectivity index (χ1) is 7.20. The van der Waals surface area contributed by atoms with Crippen LogP contribution in [0.3, 0.4) is 0 Å². The highest BCUT2D eigenvalue weighted by Crippen LogP contribution is 2.34. The second-order valence-electron chi connectivity index (χ2n) is 2.98. The van der Waals surface area contributed by atoms with Crippen molar-refractivity contribution >= 4 is 15.4 Å². The Balaban J connectivity index is 3.15. The molecule has 0 saturated carbocycles. The molecule has 0 aliphatic carbocycles. The highest BCUT2D eigenvalue weighted by atomic mass is 28.1. The molecule has 0 saturated heterocycles. The second kappa shape index (κ2) is 5.61. The third-order valence-corrected chi connectivity index (χ3v) is 2.16. The zero-order valence-corrected chi connectivity index (χ0v) is 10.2. The Morgan fingerprint density at radius 1 is 1.27 bits per heavy atom. The van der Waals surface area contributed by atoms with E-state index in [0.29, 0.717) is 13.2 Å². The predicted molar refractivity (Wildman–Crippen MR) is 63.6 cm³/mol. The minimum atomic E-state index is 0.608. The summed E-state index contributed by atoms with van der Waals surface area (Å²) in [5.41, 5.74) is 0.930. The number of benzene rings is 1. The van der Waals surface area contributed by atoms with Crippen LogP contribution in [0, 0.1) is 0 Å². The Morgan fingerprint density at radius 3 is 2.47 bits per heavy atom. The lowest BCUT2D eigenvalue weighted by Gasteiger charge is -2.14. The van der Waals surface area contributed by atoms with Crippen LogP contribution >= 0.6 is 0 Å². The largest absolute Gasteiger partial charge is 0.490 e. The standard InChI is InChI=1S/C12H15O2Si/c1-4-13-11-8-6-7-10(9(3)15)12(11)14-5-2/h6-8H,3-5H2,1-2H3. The molecule has 1 aromatic rings. The summed E-state index contributed by atoms with van der Waals surface area (Å²) in [5.74, 6) is 1.51. The lowest BCUT2D eigenvalue weighted by atomic mass is 10.2. The van der Waals surface area contributed by atoms with Crippen LogP contribution in [-0.4, -0.2) is 23.5 Å². The average Bonchev–Trinajstić information content (AvgIpc) is 2.21. The van der Waals surface area contributed by atoms with Gasteiger partial charge in [-0.15, -0.1) is 0 Å². The van der Waals surface area contributed by atoms with E-state index in [1.807, 2.05) is 32.0 Å². The molecule has 3 radical (unpaired) electrons. The summed E-state index contributed by atoms with van der Waals surface area (Å²) in [6.07, 6.45) is 0. The van der Waals surface area contributed by atoms with Crippen LogP contribution in [-0.2, 0) is 0 Å². The lowest BCUT2D eigenvalue weighted by Crippen LogP contribution is -2.01. The van der Waals surface area contributed by atoms with Crippen molar-refractivity contribution in [3.8, 4) is 11.5 Å². The van der Waals surface area contributed by atoms with Gasteiger partial charge >= 0.3 is 0 Å². The molecule has 0 aliphatic rings. The Bertz CT molecular complexity index is 347. The molecule has 1 aromatic carbocycles. The molecule has 0 spiro atoms. The van der Waals surface area contributed by atoms with Crippen LogP contribution in [0.1, 0.15) is 19.4 Å². The molecular weight excluding hydrogens is 204 g/mol. The molecule has 0 aromatic heterocycles. The topological polar surface area (TPSA) is 18.5 Å². The van der Waals surface area contributed by atoms with Crippen molar-refractivity contribution in [3.05, 3.63) is 30.3 Å². The number of para-hydroxylation sites is 1. The van der Waals surface area contributed by atoms with Gasteiger partial charge in [-0.3, -0.25) is 0 Å². The fourth-order valence-electron chi connectivity index (χ4n) is 1.32. The molecule has 1 rings (SSSR count). The van der Waals surface area contributed by atoms with Gasteiger partial charge < -0.3 is 9.47 Å². The smallest absolute Gasteiger partial charge is 0.168 e. The third-order valence-electron chi connectivity index (χ3n) is 1.89. The Labute approximate surface area is 94.3 Å². The summed E-state index contributed by atoms with van der Waals surface area (Å²) in [7, 11) is 3.41. The number of hydrogen-bond acceptors (Lipinski definition) is 2. The minimum Gasteiger partial charge on any atom is -0.490 e. The van der Waals surface area contributed by atoms with Gasteiger partial charge in [0.2, 0.25) is 0 Å². The molecule has 0 unspecified atom stereocenters. The first-order valence-electron chi connectivity index (χ1n) is 5.00.